The maximum atomic E-state index is 13.0. The average Bonchev–Trinajstić information content (AvgIpc) is 3.64. The van der Waals surface area contributed by atoms with Crippen molar-refractivity contribution in [3.63, 3.8) is 0 Å². The van der Waals surface area contributed by atoms with Crippen LogP contribution in [0.4, 0.5) is 10.6 Å². The molecule has 12 heteroatoms. The van der Waals surface area contributed by atoms with Crippen molar-refractivity contribution in [1.29, 1.82) is 5.26 Å². The molecule has 1 aliphatic rings. The van der Waals surface area contributed by atoms with Gasteiger partial charge in [-0.3, -0.25) is 4.79 Å². The first-order valence-corrected chi connectivity index (χ1v) is 15.0. The standard InChI is InChI=1S/C34H35N9O3/c1-20-11-21(15-35)5-6-27(20)32(44)37-16-26-14-24-12-23(22-7-9-42(10-8-22)33(45)46-34(2,3)4)13-25(28(24)41-26)17-43-19-40-29-30(36)38-18-39-31(29)43/h5-7,11-14,18-19,41H,8-10,16-17H2,1-4H3,(H,37,44)(H2,36,38,39). The molecular weight excluding hydrogens is 582 g/mol. The fraction of sp³-hybridized carbons (Fsp3) is 0.294. The smallest absolute Gasteiger partial charge is 0.410 e. The van der Waals surface area contributed by atoms with E-state index in [0.717, 1.165) is 38.9 Å². The molecule has 12 nitrogen and oxygen atoms in total. The van der Waals surface area contributed by atoms with Crippen molar-refractivity contribution < 1.29 is 14.3 Å². The van der Waals surface area contributed by atoms with Gasteiger partial charge in [0.05, 0.1) is 36.6 Å². The van der Waals surface area contributed by atoms with Crippen LogP contribution in [0.3, 0.4) is 0 Å². The van der Waals surface area contributed by atoms with Crippen molar-refractivity contribution in [2.45, 2.75) is 52.8 Å². The molecule has 4 heterocycles. The monoisotopic (exact) mass is 617 g/mol. The predicted molar refractivity (Wildman–Crippen MR) is 175 cm³/mol. The molecule has 5 aromatic rings. The van der Waals surface area contributed by atoms with Crippen molar-refractivity contribution in [2.24, 2.45) is 0 Å². The summed E-state index contributed by atoms with van der Waals surface area (Å²) in [5.74, 6) is 0.102. The molecule has 0 saturated heterocycles. The Hall–Kier alpha value is -5.70. The number of fused-ring (bicyclic) bond motifs is 2. The van der Waals surface area contributed by atoms with Crippen LogP contribution in [0.1, 0.15) is 65.5 Å². The number of hydrogen-bond acceptors (Lipinski definition) is 8. The second kappa shape index (κ2) is 12.0. The summed E-state index contributed by atoms with van der Waals surface area (Å²) < 4.78 is 7.50. The molecule has 2 amide bonds. The lowest BCUT2D eigenvalue weighted by Gasteiger charge is -2.29. The number of anilines is 1. The van der Waals surface area contributed by atoms with Crippen LogP contribution in [0.2, 0.25) is 0 Å². The zero-order valence-corrected chi connectivity index (χ0v) is 26.2. The van der Waals surface area contributed by atoms with Gasteiger partial charge in [0.25, 0.3) is 5.91 Å². The Morgan fingerprint density at radius 3 is 2.70 bits per heavy atom. The molecule has 0 bridgehead atoms. The van der Waals surface area contributed by atoms with Gasteiger partial charge in [-0.05, 0) is 92.8 Å². The van der Waals surface area contributed by atoms with E-state index in [0.29, 0.717) is 54.2 Å². The number of aromatic amines is 1. The van der Waals surface area contributed by atoms with Crippen LogP contribution in [0, 0.1) is 18.3 Å². The number of benzene rings is 2. The van der Waals surface area contributed by atoms with E-state index < -0.39 is 5.60 Å². The van der Waals surface area contributed by atoms with E-state index in [1.165, 1.54) is 6.33 Å². The molecule has 0 radical (unpaired) electrons. The first-order valence-electron chi connectivity index (χ1n) is 15.0. The van der Waals surface area contributed by atoms with Gasteiger partial charge in [-0.25, -0.2) is 19.7 Å². The van der Waals surface area contributed by atoms with Crippen LogP contribution < -0.4 is 11.1 Å². The fourth-order valence-corrected chi connectivity index (χ4v) is 5.66. The third kappa shape index (κ3) is 6.25. The van der Waals surface area contributed by atoms with Gasteiger partial charge in [-0.2, -0.15) is 5.26 Å². The van der Waals surface area contributed by atoms with Crippen LogP contribution in [-0.4, -0.2) is 60.1 Å². The number of carbonyl (C=O) groups is 2. The summed E-state index contributed by atoms with van der Waals surface area (Å²) in [5, 5.41) is 13.1. The number of nitrogens with one attached hydrogen (secondary N) is 2. The van der Waals surface area contributed by atoms with E-state index in [2.05, 4.69) is 49.5 Å². The van der Waals surface area contributed by atoms with Gasteiger partial charge in [0.1, 0.15) is 17.4 Å². The van der Waals surface area contributed by atoms with Gasteiger partial charge < -0.3 is 30.2 Å². The molecule has 0 fully saturated rings. The molecule has 1 aliphatic heterocycles. The molecular formula is C34H35N9O3. The summed E-state index contributed by atoms with van der Waals surface area (Å²) in [6.07, 6.45) is 5.57. The maximum absolute atomic E-state index is 13.0. The third-order valence-electron chi connectivity index (χ3n) is 7.91. The van der Waals surface area contributed by atoms with Crippen LogP contribution in [0.25, 0.3) is 27.6 Å². The summed E-state index contributed by atoms with van der Waals surface area (Å²) in [7, 11) is 0. The normalized spacial score (nSPS) is 13.5. The minimum absolute atomic E-state index is 0.217. The van der Waals surface area contributed by atoms with Crippen molar-refractivity contribution in [1.82, 2.24) is 34.7 Å². The lowest BCUT2D eigenvalue weighted by atomic mass is 9.96. The summed E-state index contributed by atoms with van der Waals surface area (Å²) in [4.78, 5) is 43.8. The van der Waals surface area contributed by atoms with E-state index in [-0.39, 0.29) is 18.5 Å². The lowest BCUT2D eigenvalue weighted by molar-refractivity contribution is 0.0270. The Bertz CT molecular complexity index is 2060. The van der Waals surface area contributed by atoms with Crippen LogP contribution >= 0.6 is 0 Å². The number of amides is 2. The number of nitrogen functional groups attached to an aromatic ring is 1. The van der Waals surface area contributed by atoms with Gasteiger partial charge in [0.2, 0.25) is 0 Å². The molecule has 0 aliphatic carbocycles. The zero-order valence-electron chi connectivity index (χ0n) is 26.2. The first kappa shape index (κ1) is 30.3. The molecule has 0 saturated carbocycles. The highest BCUT2D eigenvalue weighted by atomic mass is 16.6. The molecule has 6 rings (SSSR count). The number of imidazole rings is 1. The predicted octanol–water partition coefficient (Wildman–Crippen LogP) is 5.07. The van der Waals surface area contributed by atoms with Crippen LogP contribution in [-0.2, 0) is 17.8 Å². The van der Waals surface area contributed by atoms with Crippen molar-refractivity contribution in [2.75, 3.05) is 18.8 Å². The van der Waals surface area contributed by atoms with Gasteiger partial charge in [0.15, 0.2) is 11.5 Å². The van der Waals surface area contributed by atoms with E-state index >= 15 is 0 Å². The number of nitrogens with zero attached hydrogens (tertiary/aromatic N) is 6. The lowest BCUT2D eigenvalue weighted by Crippen LogP contribution is -2.39. The number of ether oxygens (including phenoxy) is 1. The largest absolute Gasteiger partial charge is 0.444 e. The Labute approximate surface area is 265 Å². The summed E-state index contributed by atoms with van der Waals surface area (Å²) in [6.45, 7) is 9.16. The zero-order chi connectivity index (χ0) is 32.6. The molecule has 46 heavy (non-hydrogen) atoms. The molecule has 4 N–H and O–H groups in total. The highest BCUT2D eigenvalue weighted by molar-refractivity contribution is 5.96. The number of nitriles is 1. The second-order valence-electron chi connectivity index (χ2n) is 12.4. The number of H-pyrrole nitrogens is 1. The Morgan fingerprint density at radius 2 is 1.98 bits per heavy atom. The fourth-order valence-electron chi connectivity index (χ4n) is 5.66. The van der Waals surface area contributed by atoms with Crippen molar-refractivity contribution in [3.8, 4) is 6.07 Å². The van der Waals surface area contributed by atoms with Crippen molar-refractivity contribution in [3.05, 3.63) is 88.6 Å². The third-order valence-corrected chi connectivity index (χ3v) is 7.91. The second-order valence-corrected chi connectivity index (χ2v) is 12.4. The first-order chi connectivity index (χ1) is 22.0. The number of aromatic nitrogens is 5. The average molecular weight is 618 g/mol. The molecule has 0 atom stereocenters. The Morgan fingerprint density at radius 1 is 1.15 bits per heavy atom. The highest BCUT2D eigenvalue weighted by Crippen LogP contribution is 2.31. The van der Waals surface area contributed by atoms with E-state index in [9.17, 15) is 9.59 Å². The quantitative estimate of drug-likeness (QED) is 0.237. The van der Waals surface area contributed by atoms with Gasteiger partial charge in [-0.1, -0.05) is 6.08 Å². The molecule has 0 unspecified atom stereocenters. The summed E-state index contributed by atoms with van der Waals surface area (Å²) in [6, 6.07) is 13.4. The summed E-state index contributed by atoms with van der Waals surface area (Å²) in [5.41, 5.74) is 13.4. The number of carbonyl (C=O) groups excluding carboxylic acids is 2. The minimum atomic E-state index is -0.555. The molecule has 234 valence electrons. The molecule has 2 aromatic carbocycles. The topological polar surface area (TPSA) is 168 Å². The molecule has 0 spiro atoms. The Balaban J connectivity index is 1.31. The van der Waals surface area contributed by atoms with E-state index in [4.69, 9.17) is 15.7 Å². The number of aryl methyl sites for hydroxylation is 1. The number of hydrogen-bond donors (Lipinski definition) is 3. The molecule has 3 aromatic heterocycles. The van der Waals surface area contributed by atoms with E-state index in [1.807, 2.05) is 38.3 Å². The van der Waals surface area contributed by atoms with Gasteiger partial charge in [0, 0.05) is 29.7 Å². The Kier molecular flexibility index (Phi) is 7.92. The SMILES string of the molecule is Cc1cc(C#N)ccc1C(=O)NCc1cc2cc(C3=CCN(C(=O)OC(C)(C)C)CC3)cc(Cn3cnc4c(N)ncnc43)c2[nH]1. The highest BCUT2D eigenvalue weighted by Gasteiger charge is 2.24. The van der Waals surface area contributed by atoms with Gasteiger partial charge >= 0.3 is 6.09 Å². The van der Waals surface area contributed by atoms with Crippen LogP contribution in [0.15, 0.2) is 55.1 Å². The van der Waals surface area contributed by atoms with Crippen molar-refractivity contribution >= 4 is 45.5 Å². The van der Waals surface area contributed by atoms with Gasteiger partial charge in [-0.15, -0.1) is 0 Å². The minimum Gasteiger partial charge on any atom is -0.444 e. The van der Waals surface area contributed by atoms with Crippen LogP contribution in [0.5, 0.6) is 0 Å². The summed E-state index contributed by atoms with van der Waals surface area (Å²) >= 11 is 0. The number of nitrogens with two attached hydrogens (primary N) is 1. The van der Waals surface area contributed by atoms with E-state index in [1.54, 1.807) is 29.4 Å². The maximum Gasteiger partial charge on any atom is 0.410 e. The number of rotatable bonds is 6.